The van der Waals surface area contributed by atoms with E-state index < -0.39 is 0 Å². The molecule has 4 nitrogen and oxygen atoms in total. The normalized spacial score (nSPS) is 15.0. The number of carbonyl (C=O) groups excluding carboxylic acids is 2. The second-order valence-corrected chi connectivity index (χ2v) is 7.19. The summed E-state index contributed by atoms with van der Waals surface area (Å²) in [4.78, 5) is 25.6. The molecular formula is C17H24N2O2S. The maximum Gasteiger partial charge on any atom is 0.244 e. The molecule has 5 heteroatoms. The van der Waals surface area contributed by atoms with Crippen molar-refractivity contribution in [2.45, 2.75) is 39.5 Å². The number of hydrogen-bond acceptors (Lipinski definition) is 3. The summed E-state index contributed by atoms with van der Waals surface area (Å²) >= 11 is 1.55. The lowest BCUT2D eigenvalue weighted by atomic mass is 9.92. The predicted octanol–water partition coefficient (Wildman–Crippen LogP) is 3.40. The summed E-state index contributed by atoms with van der Waals surface area (Å²) in [6.07, 6.45) is 0. The largest absolute Gasteiger partial charge is 0.324 e. The fourth-order valence-electron chi connectivity index (χ4n) is 2.59. The van der Waals surface area contributed by atoms with E-state index in [0.29, 0.717) is 23.5 Å². The maximum atomic E-state index is 12.3. The summed E-state index contributed by atoms with van der Waals surface area (Å²) in [6.45, 7) is 8.62. The molecule has 2 amide bonds. The van der Waals surface area contributed by atoms with E-state index in [4.69, 9.17) is 0 Å². The van der Waals surface area contributed by atoms with Gasteiger partial charge in [0.2, 0.25) is 11.8 Å². The van der Waals surface area contributed by atoms with Crippen LogP contribution in [-0.2, 0) is 9.59 Å². The van der Waals surface area contributed by atoms with Crippen molar-refractivity contribution in [3.05, 3.63) is 29.3 Å². The molecule has 1 aromatic rings. The summed E-state index contributed by atoms with van der Waals surface area (Å²) in [7, 11) is 0. The van der Waals surface area contributed by atoms with Crippen molar-refractivity contribution in [3.8, 4) is 0 Å². The second-order valence-electron chi connectivity index (χ2n) is 6.24. The number of thioether (sulfide) groups is 1. The first-order valence-corrected chi connectivity index (χ1v) is 8.83. The number of nitrogens with zero attached hydrogens (tertiary/aromatic N) is 1. The summed E-state index contributed by atoms with van der Waals surface area (Å²) in [5, 5.41) is 3.05. The van der Waals surface area contributed by atoms with E-state index in [2.05, 4.69) is 45.1 Å². The minimum absolute atomic E-state index is 0.0429. The van der Waals surface area contributed by atoms with Crippen molar-refractivity contribution in [2.75, 3.05) is 23.5 Å². The van der Waals surface area contributed by atoms with Crippen molar-refractivity contribution in [3.63, 3.8) is 0 Å². The van der Waals surface area contributed by atoms with Crippen LogP contribution in [0.5, 0.6) is 0 Å². The predicted molar refractivity (Wildman–Crippen MR) is 92.3 cm³/mol. The van der Waals surface area contributed by atoms with Crippen molar-refractivity contribution in [1.82, 2.24) is 4.90 Å². The fourth-order valence-corrected chi connectivity index (χ4v) is 3.49. The van der Waals surface area contributed by atoms with Crippen LogP contribution in [-0.4, -0.2) is 34.9 Å². The third kappa shape index (κ3) is 3.83. The molecule has 1 aromatic carbocycles. The molecule has 0 radical (unpaired) electrons. The van der Waals surface area contributed by atoms with Gasteiger partial charge in [0.15, 0.2) is 0 Å². The van der Waals surface area contributed by atoms with Crippen LogP contribution in [0.25, 0.3) is 0 Å². The topological polar surface area (TPSA) is 49.4 Å². The number of rotatable bonds is 5. The lowest BCUT2D eigenvalue weighted by Crippen LogP contribution is -2.34. The van der Waals surface area contributed by atoms with E-state index >= 15 is 0 Å². The van der Waals surface area contributed by atoms with Crippen molar-refractivity contribution in [2.24, 2.45) is 0 Å². The third-order valence-electron chi connectivity index (χ3n) is 3.80. The van der Waals surface area contributed by atoms with E-state index in [1.165, 1.54) is 0 Å². The van der Waals surface area contributed by atoms with Gasteiger partial charge in [0.05, 0.1) is 11.6 Å². The Hall–Kier alpha value is -1.49. The number of benzene rings is 1. The van der Waals surface area contributed by atoms with E-state index in [0.717, 1.165) is 16.8 Å². The minimum Gasteiger partial charge on any atom is -0.324 e. The molecule has 1 aliphatic rings. The van der Waals surface area contributed by atoms with Crippen LogP contribution < -0.4 is 5.32 Å². The Kier molecular flexibility index (Phi) is 5.51. The number of amides is 2. The number of carbonyl (C=O) groups is 2. The molecule has 0 aromatic heterocycles. The van der Waals surface area contributed by atoms with Gasteiger partial charge in [-0.2, -0.15) is 0 Å². The van der Waals surface area contributed by atoms with Gasteiger partial charge in [0.25, 0.3) is 0 Å². The van der Waals surface area contributed by atoms with Gasteiger partial charge in [0, 0.05) is 5.69 Å². The smallest absolute Gasteiger partial charge is 0.244 e. The quantitative estimate of drug-likeness (QED) is 0.904. The highest BCUT2D eigenvalue weighted by atomic mass is 32.2. The summed E-state index contributed by atoms with van der Waals surface area (Å²) in [5.41, 5.74) is 3.19. The zero-order valence-corrected chi connectivity index (χ0v) is 14.5. The lowest BCUT2D eigenvalue weighted by molar-refractivity contribution is -0.130. The van der Waals surface area contributed by atoms with Crippen LogP contribution in [0.4, 0.5) is 5.69 Å². The van der Waals surface area contributed by atoms with E-state index in [1.54, 1.807) is 16.7 Å². The molecule has 120 valence electrons. The van der Waals surface area contributed by atoms with Crippen LogP contribution in [0.3, 0.4) is 0 Å². The van der Waals surface area contributed by atoms with Crippen molar-refractivity contribution < 1.29 is 9.59 Å². The zero-order valence-electron chi connectivity index (χ0n) is 13.7. The molecule has 1 heterocycles. The maximum absolute atomic E-state index is 12.3. The van der Waals surface area contributed by atoms with E-state index in [1.807, 2.05) is 6.07 Å². The average Bonchev–Trinajstić information content (AvgIpc) is 2.83. The first kappa shape index (κ1) is 16.9. The van der Waals surface area contributed by atoms with Gasteiger partial charge in [-0.1, -0.05) is 45.9 Å². The van der Waals surface area contributed by atoms with Crippen LogP contribution in [0.15, 0.2) is 18.2 Å². The highest BCUT2D eigenvalue weighted by Crippen LogP contribution is 2.32. The Morgan fingerprint density at radius 3 is 2.27 bits per heavy atom. The third-order valence-corrected chi connectivity index (χ3v) is 4.74. The fraction of sp³-hybridized carbons (Fsp3) is 0.529. The first-order valence-electron chi connectivity index (χ1n) is 7.68. The van der Waals surface area contributed by atoms with Gasteiger partial charge in [0.1, 0.15) is 6.54 Å². The molecule has 1 fully saturated rings. The molecule has 0 bridgehead atoms. The Labute approximate surface area is 136 Å². The number of para-hydroxylation sites is 1. The Morgan fingerprint density at radius 1 is 1.23 bits per heavy atom. The van der Waals surface area contributed by atoms with Crippen LogP contribution >= 0.6 is 11.8 Å². The molecule has 0 spiro atoms. The van der Waals surface area contributed by atoms with Crippen LogP contribution in [0.1, 0.15) is 50.7 Å². The molecule has 0 atom stereocenters. The first-order chi connectivity index (χ1) is 10.4. The van der Waals surface area contributed by atoms with Crippen molar-refractivity contribution in [1.29, 1.82) is 0 Å². The minimum atomic E-state index is -0.120. The second kappa shape index (κ2) is 7.18. The molecule has 0 aliphatic carbocycles. The molecule has 22 heavy (non-hydrogen) atoms. The Bertz CT molecular complexity index is 544. The van der Waals surface area contributed by atoms with Gasteiger partial charge < -0.3 is 10.2 Å². The standard InChI is InChI=1S/C17H24N2O2S/c1-11(2)13-6-5-7-14(12(3)4)17(13)18-15(20)8-19-10-22-9-16(19)21/h5-7,11-12H,8-10H2,1-4H3,(H,18,20). The number of anilines is 1. The van der Waals surface area contributed by atoms with Gasteiger partial charge in [-0.25, -0.2) is 0 Å². The van der Waals surface area contributed by atoms with Gasteiger partial charge >= 0.3 is 0 Å². The average molecular weight is 320 g/mol. The lowest BCUT2D eigenvalue weighted by Gasteiger charge is -2.21. The zero-order chi connectivity index (χ0) is 16.3. The molecule has 0 unspecified atom stereocenters. The molecule has 0 saturated carbocycles. The van der Waals surface area contributed by atoms with Crippen LogP contribution in [0, 0.1) is 0 Å². The monoisotopic (exact) mass is 320 g/mol. The van der Waals surface area contributed by atoms with Gasteiger partial charge in [-0.3, -0.25) is 9.59 Å². The van der Waals surface area contributed by atoms with Crippen LogP contribution in [0.2, 0.25) is 0 Å². The summed E-state index contributed by atoms with van der Waals surface area (Å²) < 4.78 is 0. The summed E-state index contributed by atoms with van der Waals surface area (Å²) in [6, 6.07) is 6.16. The summed E-state index contributed by atoms with van der Waals surface area (Å²) in [5.74, 6) is 1.67. The Morgan fingerprint density at radius 2 is 1.82 bits per heavy atom. The molecule has 1 aliphatic heterocycles. The molecule has 1 saturated heterocycles. The van der Waals surface area contributed by atoms with E-state index in [-0.39, 0.29) is 18.4 Å². The Balaban J connectivity index is 2.20. The molecular weight excluding hydrogens is 296 g/mol. The molecule has 1 N–H and O–H groups in total. The number of nitrogens with one attached hydrogen (secondary N) is 1. The number of hydrogen-bond donors (Lipinski definition) is 1. The SMILES string of the molecule is CC(C)c1cccc(C(C)C)c1NC(=O)CN1CSCC1=O. The van der Waals surface area contributed by atoms with Crippen molar-refractivity contribution >= 4 is 29.3 Å². The van der Waals surface area contributed by atoms with E-state index in [9.17, 15) is 9.59 Å². The highest BCUT2D eigenvalue weighted by molar-refractivity contribution is 8.00. The molecule has 2 rings (SSSR count). The highest BCUT2D eigenvalue weighted by Gasteiger charge is 2.24. The van der Waals surface area contributed by atoms with Gasteiger partial charge in [-0.15, -0.1) is 11.8 Å². The van der Waals surface area contributed by atoms with Gasteiger partial charge in [-0.05, 0) is 23.0 Å².